The molecule has 0 amide bonds. The third kappa shape index (κ3) is 2.11. The minimum Gasteiger partial charge on any atom is -0.307 e. The molecule has 1 heterocycles. The molecule has 4 heteroatoms. The van der Waals surface area contributed by atoms with Crippen molar-refractivity contribution in [2.75, 3.05) is 0 Å². The number of fused-ring (bicyclic) bond motifs is 2. The second-order valence-electron chi connectivity index (χ2n) is 5.52. The Hall–Kier alpha value is -3.01. The van der Waals surface area contributed by atoms with Crippen LogP contribution < -0.4 is 0 Å². The van der Waals surface area contributed by atoms with E-state index < -0.39 is 0 Å². The lowest BCUT2D eigenvalue weighted by Crippen LogP contribution is -2.01. The van der Waals surface area contributed by atoms with Gasteiger partial charge in [-0.3, -0.25) is 0 Å². The van der Waals surface area contributed by atoms with Gasteiger partial charge in [0.15, 0.2) is 7.85 Å². The Morgan fingerprint density at radius 2 is 1.26 bits per heavy atom. The first-order valence-electron chi connectivity index (χ1n) is 7.47. The Bertz CT molecular complexity index is 988. The molecule has 0 saturated heterocycles. The van der Waals surface area contributed by atoms with Gasteiger partial charge in [0.05, 0.1) is 0 Å². The molecule has 0 bridgehead atoms. The van der Waals surface area contributed by atoms with Crippen LogP contribution in [0.5, 0.6) is 0 Å². The van der Waals surface area contributed by atoms with Crippen LogP contribution in [0.3, 0.4) is 0 Å². The monoisotopic (exact) mass is 296 g/mol. The summed E-state index contributed by atoms with van der Waals surface area (Å²) in [5, 5.41) is 4.03. The molecule has 23 heavy (non-hydrogen) atoms. The number of nitrogens with zero attached hydrogens (tertiary/aromatic N) is 2. The molecule has 0 spiro atoms. The molecule has 0 N–H and O–H groups in total. The molecular weight excluding hydrogens is 283 g/mol. The standard InChI is InChI=1S/C19H13BN2O/c20-19(23)18-15-7-3-1-5-13(15)17(12-9-21-11-22-10-12)14-6-2-4-8-16(14)18/h1-11H,20H2. The molecule has 1 aromatic heterocycles. The second-order valence-corrected chi connectivity index (χ2v) is 5.52. The number of hydrogen-bond acceptors (Lipinski definition) is 3. The van der Waals surface area contributed by atoms with E-state index in [1.807, 2.05) is 48.8 Å². The molecule has 3 aromatic carbocycles. The molecule has 0 saturated carbocycles. The number of carbonyl (C=O) groups is 1. The van der Waals surface area contributed by atoms with Gasteiger partial charge in [-0.05, 0) is 21.5 Å². The molecule has 0 aliphatic heterocycles. The van der Waals surface area contributed by atoms with Crippen LogP contribution in [0.2, 0.25) is 0 Å². The summed E-state index contributed by atoms with van der Waals surface area (Å²) in [6.07, 6.45) is 5.15. The highest BCUT2D eigenvalue weighted by Gasteiger charge is 2.16. The molecule has 0 unspecified atom stereocenters. The highest BCUT2D eigenvalue weighted by atomic mass is 16.1. The van der Waals surface area contributed by atoms with Gasteiger partial charge in [-0.15, -0.1) is 0 Å². The van der Waals surface area contributed by atoms with Crippen molar-refractivity contribution in [3.05, 3.63) is 72.8 Å². The molecule has 4 aromatic rings. The number of hydrogen-bond donors (Lipinski definition) is 0. The fourth-order valence-corrected chi connectivity index (χ4v) is 3.25. The molecule has 108 valence electrons. The lowest BCUT2D eigenvalue weighted by Gasteiger charge is -2.15. The predicted octanol–water partition coefficient (Wildman–Crippen LogP) is 3.22. The van der Waals surface area contributed by atoms with Gasteiger partial charge < -0.3 is 4.79 Å². The Morgan fingerprint density at radius 1 is 0.783 bits per heavy atom. The predicted molar refractivity (Wildman–Crippen MR) is 95.4 cm³/mol. The molecular formula is C19H13BN2O. The maximum Gasteiger partial charge on any atom is 0.193 e. The van der Waals surface area contributed by atoms with E-state index >= 15 is 0 Å². The third-order valence-electron chi connectivity index (χ3n) is 4.13. The maximum absolute atomic E-state index is 12.3. The van der Waals surface area contributed by atoms with Gasteiger partial charge in [0, 0.05) is 29.1 Å². The molecule has 0 aliphatic carbocycles. The van der Waals surface area contributed by atoms with Crippen LogP contribution in [0.1, 0.15) is 10.4 Å². The van der Waals surface area contributed by atoms with Gasteiger partial charge in [0.25, 0.3) is 0 Å². The van der Waals surface area contributed by atoms with Crippen LogP contribution in [0, 0.1) is 0 Å². The summed E-state index contributed by atoms with van der Waals surface area (Å²) < 4.78 is 0. The van der Waals surface area contributed by atoms with Gasteiger partial charge in [-0.25, -0.2) is 9.97 Å². The molecule has 0 atom stereocenters. The summed E-state index contributed by atoms with van der Waals surface area (Å²) >= 11 is 0. The Kier molecular flexibility index (Phi) is 3.16. The Morgan fingerprint density at radius 3 is 1.74 bits per heavy atom. The van der Waals surface area contributed by atoms with Crippen LogP contribution >= 0.6 is 0 Å². The van der Waals surface area contributed by atoms with Crippen LogP contribution in [0.15, 0.2) is 67.3 Å². The smallest absolute Gasteiger partial charge is 0.193 e. The average Bonchev–Trinajstić information content (AvgIpc) is 2.59. The largest absolute Gasteiger partial charge is 0.307 e. The minimum absolute atomic E-state index is 0.0771. The third-order valence-corrected chi connectivity index (χ3v) is 4.13. The van der Waals surface area contributed by atoms with E-state index in [-0.39, 0.29) is 5.68 Å². The zero-order valence-corrected chi connectivity index (χ0v) is 12.7. The number of benzene rings is 3. The molecule has 0 fully saturated rings. The van der Waals surface area contributed by atoms with Crippen LogP contribution in [0.4, 0.5) is 0 Å². The zero-order valence-electron chi connectivity index (χ0n) is 12.7. The highest BCUT2D eigenvalue weighted by molar-refractivity contribution is 6.65. The number of aromatic nitrogens is 2. The quantitative estimate of drug-likeness (QED) is 0.421. The van der Waals surface area contributed by atoms with Gasteiger partial charge in [-0.1, -0.05) is 48.5 Å². The van der Waals surface area contributed by atoms with Crippen LogP contribution in [-0.4, -0.2) is 23.5 Å². The fourth-order valence-electron chi connectivity index (χ4n) is 3.25. The highest BCUT2D eigenvalue weighted by Crippen LogP contribution is 2.38. The van der Waals surface area contributed by atoms with Gasteiger partial charge >= 0.3 is 0 Å². The molecule has 3 nitrogen and oxygen atoms in total. The minimum atomic E-state index is 0.0771. The van der Waals surface area contributed by atoms with E-state index in [4.69, 9.17) is 0 Å². The van der Waals surface area contributed by atoms with Crippen molar-refractivity contribution in [2.24, 2.45) is 0 Å². The summed E-state index contributed by atoms with van der Waals surface area (Å²) in [5.41, 5.74) is 2.88. The first kappa shape index (κ1) is 13.6. The molecule has 0 aliphatic rings. The van der Waals surface area contributed by atoms with E-state index in [0.717, 1.165) is 38.2 Å². The summed E-state index contributed by atoms with van der Waals surface area (Å²) in [4.78, 5) is 20.6. The van der Waals surface area contributed by atoms with Gasteiger partial charge in [-0.2, -0.15) is 0 Å². The number of carbonyl (C=O) groups excluding carboxylic acids is 1. The van der Waals surface area contributed by atoms with E-state index in [1.165, 1.54) is 6.33 Å². The van der Waals surface area contributed by atoms with Crippen molar-refractivity contribution in [1.29, 1.82) is 0 Å². The van der Waals surface area contributed by atoms with E-state index in [0.29, 0.717) is 0 Å². The lowest BCUT2D eigenvalue weighted by molar-refractivity contribution is 0.108. The van der Waals surface area contributed by atoms with Crippen molar-refractivity contribution in [3.8, 4) is 11.1 Å². The van der Waals surface area contributed by atoms with E-state index in [9.17, 15) is 4.79 Å². The van der Waals surface area contributed by atoms with Crippen molar-refractivity contribution in [2.45, 2.75) is 0 Å². The van der Waals surface area contributed by atoms with Gasteiger partial charge in [0.2, 0.25) is 0 Å². The topological polar surface area (TPSA) is 42.9 Å². The first-order valence-corrected chi connectivity index (χ1v) is 7.47. The Balaban J connectivity index is 2.30. The van der Waals surface area contributed by atoms with E-state index in [2.05, 4.69) is 22.1 Å². The normalized spacial score (nSPS) is 11.0. The summed E-state index contributed by atoms with van der Waals surface area (Å²) in [6, 6.07) is 16.0. The fraction of sp³-hybridized carbons (Fsp3) is 0. The SMILES string of the molecule is BC(=O)c1c2ccccc2c(-c2cncnc2)c2ccccc12. The van der Waals surface area contributed by atoms with E-state index in [1.54, 1.807) is 7.85 Å². The van der Waals surface area contributed by atoms with Crippen molar-refractivity contribution < 1.29 is 4.79 Å². The molecule has 4 rings (SSSR count). The maximum atomic E-state index is 12.3. The first-order chi connectivity index (χ1) is 11.3. The summed E-state index contributed by atoms with van der Waals surface area (Å²) in [5.74, 6) is 0. The summed E-state index contributed by atoms with van der Waals surface area (Å²) in [7, 11) is 1.62. The summed E-state index contributed by atoms with van der Waals surface area (Å²) in [6.45, 7) is 0. The second kappa shape index (κ2) is 5.32. The number of rotatable bonds is 2. The van der Waals surface area contributed by atoms with Crippen molar-refractivity contribution in [1.82, 2.24) is 9.97 Å². The van der Waals surface area contributed by atoms with Crippen LogP contribution in [-0.2, 0) is 0 Å². The average molecular weight is 296 g/mol. The van der Waals surface area contributed by atoms with Crippen molar-refractivity contribution >= 4 is 35.1 Å². The van der Waals surface area contributed by atoms with Crippen LogP contribution in [0.25, 0.3) is 32.7 Å². The molecule has 0 radical (unpaired) electrons. The van der Waals surface area contributed by atoms with Crippen molar-refractivity contribution in [3.63, 3.8) is 0 Å². The zero-order chi connectivity index (χ0) is 15.8. The Labute approximate surface area is 134 Å². The van der Waals surface area contributed by atoms with Gasteiger partial charge in [0.1, 0.15) is 12.0 Å². The lowest BCUT2D eigenvalue weighted by atomic mass is 9.83.